The number of para-hydroxylation sites is 2. The molecule has 1 aromatic heterocycles. The molecule has 0 spiro atoms. The molecule has 2 aliphatic heterocycles. The molecule has 5 rings (SSSR count). The third kappa shape index (κ3) is 4.42. The summed E-state index contributed by atoms with van der Waals surface area (Å²) in [4.78, 5) is 16.3. The SMILES string of the molecule is NN=NC1=Nc2ccccc2Nc2nc(NC3CCN(Cc4ccccc4)CC3)ncc21.[HH].[HH]. The van der Waals surface area contributed by atoms with Gasteiger partial charge in [-0.1, -0.05) is 47.7 Å². The molecule has 0 bridgehead atoms. The van der Waals surface area contributed by atoms with Gasteiger partial charge >= 0.3 is 0 Å². The molecular weight excluding hydrogens is 402 g/mol. The van der Waals surface area contributed by atoms with Crippen LogP contribution in [-0.4, -0.2) is 39.8 Å². The Labute approximate surface area is 189 Å². The van der Waals surface area contributed by atoms with Gasteiger partial charge in [-0.3, -0.25) is 4.90 Å². The van der Waals surface area contributed by atoms with Crippen LogP contribution in [0.2, 0.25) is 0 Å². The van der Waals surface area contributed by atoms with Gasteiger partial charge in [0.2, 0.25) is 5.95 Å². The van der Waals surface area contributed by atoms with Crippen LogP contribution in [0.5, 0.6) is 0 Å². The first-order valence-corrected chi connectivity index (χ1v) is 10.7. The first-order valence-electron chi connectivity index (χ1n) is 10.7. The first-order chi connectivity index (χ1) is 15.8. The van der Waals surface area contributed by atoms with Gasteiger partial charge in [-0.15, -0.1) is 5.11 Å². The topological polar surface area (TPSA) is 116 Å². The summed E-state index contributed by atoms with van der Waals surface area (Å²) in [5.74, 6) is 6.89. The molecule has 2 aliphatic rings. The molecular formula is C23H29N9. The minimum Gasteiger partial charge on any atom is -0.351 e. The fourth-order valence-corrected chi connectivity index (χ4v) is 4.08. The summed E-state index contributed by atoms with van der Waals surface area (Å²) in [6, 6.07) is 18.6. The maximum atomic E-state index is 5.30. The summed E-state index contributed by atoms with van der Waals surface area (Å²) in [6.07, 6.45) is 3.79. The molecule has 166 valence electrons. The zero-order valence-electron chi connectivity index (χ0n) is 17.6. The second-order valence-corrected chi connectivity index (χ2v) is 7.93. The van der Waals surface area contributed by atoms with Crippen molar-refractivity contribution in [3.8, 4) is 0 Å². The number of nitrogens with two attached hydrogens (primary N) is 1. The number of benzene rings is 2. The van der Waals surface area contributed by atoms with Crippen LogP contribution in [0, 0.1) is 0 Å². The number of aromatic nitrogens is 2. The van der Waals surface area contributed by atoms with E-state index in [0.29, 0.717) is 29.2 Å². The van der Waals surface area contributed by atoms with Crippen LogP contribution in [0.4, 0.5) is 23.1 Å². The van der Waals surface area contributed by atoms with Gasteiger partial charge in [-0.2, -0.15) is 4.98 Å². The van der Waals surface area contributed by atoms with Crippen molar-refractivity contribution in [3.05, 3.63) is 71.9 Å². The lowest BCUT2D eigenvalue weighted by atomic mass is 10.0. The molecule has 0 aliphatic carbocycles. The van der Waals surface area contributed by atoms with E-state index >= 15 is 0 Å². The van der Waals surface area contributed by atoms with E-state index in [1.165, 1.54) is 5.56 Å². The van der Waals surface area contributed by atoms with Crippen LogP contribution in [0.25, 0.3) is 0 Å². The van der Waals surface area contributed by atoms with Crippen LogP contribution in [-0.2, 0) is 6.54 Å². The van der Waals surface area contributed by atoms with Gasteiger partial charge in [0.25, 0.3) is 0 Å². The molecule has 0 amide bonds. The number of likely N-dealkylation sites (tertiary alicyclic amines) is 1. The highest BCUT2D eigenvalue weighted by molar-refractivity contribution is 6.07. The van der Waals surface area contributed by atoms with Crippen molar-refractivity contribution < 1.29 is 2.85 Å². The predicted octanol–water partition coefficient (Wildman–Crippen LogP) is 4.51. The number of aliphatic imine (C=N–C) groups is 1. The van der Waals surface area contributed by atoms with Crippen molar-refractivity contribution in [3.63, 3.8) is 0 Å². The number of rotatable bonds is 4. The van der Waals surface area contributed by atoms with E-state index in [0.717, 1.165) is 43.9 Å². The van der Waals surface area contributed by atoms with Crippen LogP contribution < -0.4 is 16.5 Å². The van der Waals surface area contributed by atoms with Crippen LogP contribution in [0.15, 0.2) is 76.1 Å². The van der Waals surface area contributed by atoms with Gasteiger partial charge in [-0.05, 0) is 30.5 Å². The summed E-state index contributed by atoms with van der Waals surface area (Å²) in [6.45, 7) is 3.07. The molecule has 9 heteroatoms. The molecule has 0 saturated carbocycles. The number of nitrogens with one attached hydrogen (secondary N) is 2. The first kappa shape index (κ1) is 20.1. The normalized spacial score (nSPS) is 16.6. The molecule has 4 N–H and O–H groups in total. The standard InChI is InChI=1S/C23H25N9.2H2/c24-31-30-22-18-14-25-23(29-21(18)27-19-8-4-5-9-20(19)28-22)26-17-10-12-32(13-11-17)15-16-6-2-1-3-7-16;;/h1-9,14,17H,10-13,15H2,(H2,24,28,30)(H2,25,26,27,29);2*1H. The molecule has 2 aromatic carbocycles. The largest absolute Gasteiger partial charge is 0.351 e. The molecule has 0 radical (unpaired) electrons. The third-order valence-electron chi connectivity index (χ3n) is 5.74. The number of hydrogen-bond acceptors (Lipinski definition) is 8. The number of anilines is 3. The van der Waals surface area contributed by atoms with Crippen LogP contribution in [0.1, 0.15) is 26.8 Å². The second-order valence-electron chi connectivity index (χ2n) is 7.93. The zero-order chi connectivity index (χ0) is 21.8. The second kappa shape index (κ2) is 9.11. The minimum absolute atomic E-state index is 0. The Bertz CT molecular complexity index is 1150. The lowest BCUT2D eigenvalue weighted by Crippen LogP contribution is -2.39. The third-order valence-corrected chi connectivity index (χ3v) is 5.74. The fourth-order valence-electron chi connectivity index (χ4n) is 4.08. The molecule has 9 nitrogen and oxygen atoms in total. The Balaban J connectivity index is 0.00000162. The molecule has 32 heavy (non-hydrogen) atoms. The summed E-state index contributed by atoms with van der Waals surface area (Å²) in [7, 11) is 0. The predicted molar refractivity (Wildman–Crippen MR) is 130 cm³/mol. The number of nitrogens with zero attached hydrogens (tertiary/aromatic N) is 6. The highest BCUT2D eigenvalue weighted by Crippen LogP contribution is 2.33. The van der Waals surface area contributed by atoms with Crippen LogP contribution in [0.3, 0.4) is 0 Å². The van der Waals surface area contributed by atoms with E-state index < -0.39 is 0 Å². The average Bonchev–Trinajstić information content (AvgIpc) is 2.97. The van der Waals surface area contributed by atoms with E-state index in [9.17, 15) is 0 Å². The number of fused-ring (bicyclic) bond motifs is 2. The Kier molecular flexibility index (Phi) is 5.71. The minimum atomic E-state index is 0. The van der Waals surface area contributed by atoms with Gasteiger partial charge < -0.3 is 16.5 Å². The maximum Gasteiger partial charge on any atom is 0.224 e. The summed E-state index contributed by atoms with van der Waals surface area (Å²) < 4.78 is 0. The van der Waals surface area contributed by atoms with E-state index in [1.54, 1.807) is 6.20 Å². The molecule has 3 aromatic rings. The van der Waals surface area contributed by atoms with Gasteiger partial charge in [-0.25, -0.2) is 9.98 Å². The van der Waals surface area contributed by atoms with E-state index in [4.69, 9.17) is 10.8 Å². The van der Waals surface area contributed by atoms with Gasteiger partial charge in [0.05, 0.1) is 16.9 Å². The Hall–Kier alpha value is -3.85. The number of piperidine rings is 1. The number of hydrogen-bond donors (Lipinski definition) is 3. The zero-order valence-corrected chi connectivity index (χ0v) is 17.6. The van der Waals surface area contributed by atoms with Gasteiger partial charge in [0, 0.05) is 34.7 Å². The Morgan fingerprint density at radius 1 is 1.09 bits per heavy atom. The van der Waals surface area contributed by atoms with E-state index in [2.05, 4.69) is 66.2 Å². The quantitative estimate of drug-likeness (QED) is 0.318. The highest BCUT2D eigenvalue weighted by Gasteiger charge is 2.22. The molecule has 0 unspecified atom stereocenters. The smallest absolute Gasteiger partial charge is 0.224 e. The van der Waals surface area contributed by atoms with Crippen molar-refractivity contribution in [1.29, 1.82) is 0 Å². The van der Waals surface area contributed by atoms with E-state index in [-0.39, 0.29) is 2.85 Å². The van der Waals surface area contributed by atoms with Crippen molar-refractivity contribution in [2.24, 2.45) is 21.2 Å². The lowest BCUT2D eigenvalue weighted by molar-refractivity contribution is 0.211. The van der Waals surface area contributed by atoms with Gasteiger partial charge in [0.15, 0.2) is 5.84 Å². The van der Waals surface area contributed by atoms with Crippen molar-refractivity contribution in [2.45, 2.75) is 25.4 Å². The monoisotopic (exact) mass is 431 g/mol. The highest BCUT2D eigenvalue weighted by atomic mass is 15.3. The number of amidine groups is 1. The molecule has 0 atom stereocenters. The molecule has 1 fully saturated rings. The maximum absolute atomic E-state index is 5.30. The van der Waals surface area contributed by atoms with Crippen molar-refractivity contribution >= 4 is 29.0 Å². The van der Waals surface area contributed by atoms with Crippen LogP contribution >= 0.6 is 0 Å². The van der Waals surface area contributed by atoms with Crippen molar-refractivity contribution in [1.82, 2.24) is 14.9 Å². The average molecular weight is 432 g/mol. The summed E-state index contributed by atoms with van der Waals surface area (Å²) >= 11 is 0. The molecule has 1 saturated heterocycles. The summed E-state index contributed by atoms with van der Waals surface area (Å²) in [5, 5.41) is 14.2. The van der Waals surface area contributed by atoms with Crippen molar-refractivity contribution in [2.75, 3.05) is 23.7 Å². The molecule has 3 heterocycles. The van der Waals surface area contributed by atoms with E-state index in [1.807, 2.05) is 24.3 Å². The Morgan fingerprint density at radius 3 is 2.69 bits per heavy atom. The fraction of sp³-hybridized carbons (Fsp3) is 0.261. The summed E-state index contributed by atoms with van der Waals surface area (Å²) in [5.41, 5.74) is 3.59. The lowest BCUT2D eigenvalue weighted by Gasteiger charge is -2.32. The Morgan fingerprint density at radius 2 is 1.88 bits per heavy atom. The van der Waals surface area contributed by atoms with Gasteiger partial charge in [0.1, 0.15) is 5.82 Å².